The van der Waals surface area contributed by atoms with E-state index in [-0.39, 0.29) is 0 Å². The van der Waals surface area contributed by atoms with Crippen LogP contribution in [-0.2, 0) is 13.6 Å². The Kier molecular flexibility index (Phi) is 5.92. The van der Waals surface area contributed by atoms with Gasteiger partial charge in [-0.1, -0.05) is 0 Å². The molecule has 3 heterocycles. The number of aliphatic imine (C=N–C) groups is 1. The number of guanidine groups is 1. The Bertz CT molecular complexity index is 769. The molecule has 0 radical (unpaired) electrons. The summed E-state index contributed by atoms with van der Waals surface area (Å²) in [6.07, 6.45) is 5.58. The summed E-state index contributed by atoms with van der Waals surface area (Å²) in [5.74, 6) is 2.12. The van der Waals surface area contributed by atoms with Gasteiger partial charge in [-0.2, -0.15) is 10.1 Å². The van der Waals surface area contributed by atoms with E-state index in [0.717, 1.165) is 42.2 Å². The van der Waals surface area contributed by atoms with Crippen LogP contribution in [0.3, 0.4) is 0 Å². The first-order chi connectivity index (χ1) is 12.6. The topological polar surface area (TPSA) is 83.7 Å². The SMILES string of the molecule is CN=C(NCc1cnn(C)c1)N1CCN(c2ncc(Br)c(OC)n2)CC1. The highest BCUT2D eigenvalue weighted by molar-refractivity contribution is 9.10. The molecule has 0 saturated carbocycles. The van der Waals surface area contributed by atoms with Crippen molar-refractivity contribution in [2.75, 3.05) is 45.2 Å². The molecule has 0 aliphatic carbocycles. The van der Waals surface area contributed by atoms with E-state index < -0.39 is 0 Å². The monoisotopic (exact) mass is 422 g/mol. The number of rotatable bonds is 4. The lowest BCUT2D eigenvalue weighted by Crippen LogP contribution is -2.52. The van der Waals surface area contributed by atoms with Crippen LogP contribution in [0.4, 0.5) is 5.95 Å². The van der Waals surface area contributed by atoms with Crippen LogP contribution >= 0.6 is 15.9 Å². The standard InChI is InChI=1S/C16H23BrN8O/c1-18-15(19-8-12-9-21-23(2)11-12)24-4-6-25(7-5-24)16-20-10-13(17)14(22-16)26-3/h9-11H,4-8H2,1-3H3,(H,18,19). The predicted molar refractivity (Wildman–Crippen MR) is 103 cm³/mol. The molecule has 0 amide bonds. The van der Waals surface area contributed by atoms with Crippen LogP contribution in [0.2, 0.25) is 0 Å². The lowest BCUT2D eigenvalue weighted by atomic mass is 10.3. The highest BCUT2D eigenvalue weighted by atomic mass is 79.9. The van der Waals surface area contributed by atoms with Gasteiger partial charge in [-0.3, -0.25) is 9.67 Å². The lowest BCUT2D eigenvalue weighted by molar-refractivity contribution is 0.366. The molecule has 26 heavy (non-hydrogen) atoms. The Hall–Kier alpha value is -2.36. The minimum atomic E-state index is 0.548. The molecule has 1 N–H and O–H groups in total. The third kappa shape index (κ3) is 4.24. The van der Waals surface area contributed by atoms with Gasteiger partial charge >= 0.3 is 0 Å². The summed E-state index contributed by atoms with van der Waals surface area (Å²) in [4.78, 5) is 17.6. The molecule has 0 spiro atoms. The van der Waals surface area contributed by atoms with Crippen molar-refractivity contribution in [2.24, 2.45) is 12.0 Å². The van der Waals surface area contributed by atoms with Crippen molar-refractivity contribution in [2.45, 2.75) is 6.54 Å². The first-order valence-corrected chi connectivity index (χ1v) is 9.14. The Balaban J connectivity index is 1.56. The number of nitrogens with one attached hydrogen (secondary N) is 1. The van der Waals surface area contributed by atoms with Gasteiger partial charge in [0.2, 0.25) is 11.8 Å². The molecule has 10 heteroatoms. The maximum absolute atomic E-state index is 5.26. The summed E-state index contributed by atoms with van der Waals surface area (Å²) in [7, 11) is 5.32. The number of halogens is 1. The van der Waals surface area contributed by atoms with Crippen LogP contribution in [0.5, 0.6) is 5.88 Å². The molecule has 140 valence electrons. The van der Waals surface area contributed by atoms with E-state index in [1.165, 1.54) is 0 Å². The van der Waals surface area contributed by atoms with Gasteiger partial charge in [0.25, 0.3) is 0 Å². The number of aromatic nitrogens is 4. The molecule has 0 aromatic carbocycles. The molecule has 1 saturated heterocycles. The number of ether oxygens (including phenoxy) is 1. The van der Waals surface area contributed by atoms with Gasteiger partial charge in [-0.15, -0.1) is 0 Å². The maximum atomic E-state index is 5.26. The fraction of sp³-hybridized carbons (Fsp3) is 0.500. The fourth-order valence-electron chi connectivity index (χ4n) is 2.83. The van der Waals surface area contributed by atoms with Crippen LogP contribution in [0, 0.1) is 0 Å². The molecular weight excluding hydrogens is 400 g/mol. The smallest absolute Gasteiger partial charge is 0.232 e. The van der Waals surface area contributed by atoms with Gasteiger partial charge in [-0.05, 0) is 15.9 Å². The molecule has 0 unspecified atom stereocenters. The zero-order chi connectivity index (χ0) is 18.5. The van der Waals surface area contributed by atoms with Gasteiger partial charge in [0, 0.05) is 58.6 Å². The van der Waals surface area contributed by atoms with E-state index in [2.05, 4.69) is 51.1 Å². The van der Waals surface area contributed by atoms with Gasteiger partial charge in [-0.25, -0.2) is 4.98 Å². The van der Waals surface area contributed by atoms with E-state index in [0.29, 0.717) is 18.4 Å². The van der Waals surface area contributed by atoms with Crippen molar-refractivity contribution in [1.29, 1.82) is 0 Å². The van der Waals surface area contributed by atoms with Gasteiger partial charge in [0.15, 0.2) is 5.96 Å². The first-order valence-electron chi connectivity index (χ1n) is 8.35. The van der Waals surface area contributed by atoms with Crippen molar-refractivity contribution in [1.82, 2.24) is 30.0 Å². The average molecular weight is 423 g/mol. The number of hydrogen-bond donors (Lipinski definition) is 1. The zero-order valence-corrected chi connectivity index (χ0v) is 16.8. The largest absolute Gasteiger partial charge is 0.480 e. The van der Waals surface area contributed by atoms with Crippen LogP contribution < -0.4 is 15.0 Å². The predicted octanol–water partition coefficient (Wildman–Crippen LogP) is 0.879. The second kappa shape index (κ2) is 8.35. The van der Waals surface area contributed by atoms with Crippen LogP contribution in [0.1, 0.15) is 5.56 Å². The van der Waals surface area contributed by atoms with E-state index in [1.807, 2.05) is 19.4 Å². The van der Waals surface area contributed by atoms with Crippen molar-refractivity contribution >= 4 is 27.8 Å². The molecule has 2 aromatic heterocycles. The summed E-state index contributed by atoms with van der Waals surface area (Å²) >= 11 is 3.38. The molecule has 2 aromatic rings. The van der Waals surface area contributed by atoms with Crippen molar-refractivity contribution < 1.29 is 4.74 Å². The van der Waals surface area contributed by atoms with E-state index >= 15 is 0 Å². The first kappa shape index (κ1) is 18.4. The minimum absolute atomic E-state index is 0.548. The Morgan fingerprint density at radius 3 is 2.69 bits per heavy atom. The quantitative estimate of drug-likeness (QED) is 0.578. The number of nitrogens with zero attached hydrogens (tertiary/aromatic N) is 7. The summed E-state index contributed by atoms with van der Waals surface area (Å²) < 4.78 is 7.81. The number of methoxy groups -OCH3 is 1. The molecule has 0 bridgehead atoms. The van der Waals surface area contributed by atoms with E-state index in [4.69, 9.17) is 4.74 Å². The second-order valence-corrected chi connectivity index (χ2v) is 6.78. The fourth-order valence-corrected chi connectivity index (χ4v) is 3.19. The van der Waals surface area contributed by atoms with Crippen LogP contribution in [0.25, 0.3) is 0 Å². The van der Waals surface area contributed by atoms with Gasteiger partial charge in [0.1, 0.15) is 0 Å². The highest BCUT2D eigenvalue weighted by Gasteiger charge is 2.22. The molecular formula is C16H23BrN8O. The number of anilines is 1. The normalized spacial score (nSPS) is 15.3. The summed E-state index contributed by atoms with van der Waals surface area (Å²) in [5.41, 5.74) is 1.13. The van der Waals surface area contributed by atoms with E-state index in [1.54, 1.807) is 25.0 Å². The molecule has 1 aliphatic heterocycles. The van der Waals surface area contributed by atoms with Gasteiger partial charge in [0.05, 0.1) is 24.0 Å². The Morgan fingerprint density at radius 2 is 2.08 bits per heavy atom. The molecule has 3 rings (SSSR count). The summed E-state index contributed by atoms with van der Waals surface area (Å²) in [6.45, 7) is 4.02. The van der Waals surface area contributed by atoms with Crippen molar-refractivity contribution in [3.8, 4) is 5.88 Å². The third-order valence-corrected chi connectivity index (χ3v) is 4.72. The molecule has 9 nitrogen and oxygen atoms in total. The summed E-state index contributed by atoms with van der Waals surface area (Å²) in [5, 5.41) is 7.58. The second-order valence-electron chi connectivity index (χ2n) is 5.92. The Labute approximate surface area is 161 Å². The molecule has 1 aliphatic rings. The van der Waals surface area contributed by atoms with Crippen LogP contribution in [-0.4, -0.2) is 70.9 Å². The van der Waals surface area contributed by atoms with E-state index in [9.17, 15) is 0 Å². The van der Waals surface area contributed by atoms with Crippen LogP contribution in [0.15, 0.2) is 28.1 Å². The zero-order valence-electron chi connectivity index (χ0n) is 15.2. The number of piperazine rings is 1. The number of hydrogen-bond acceptors (Lipinski definition) is 6. The minimum Gasteiger partial charge on any atom is -0.480 e. The van der Waals surface area contributed by atoms with Crippen molar-refractivity contribution in [3.63, 3.8) is 0 Å². The maximum Gasteiger partial charge on any atom is 0.232 e. The summed E-state index contributed by atoms with van der Waals surface area (Å²) in [6, 6.07) is 0. The van der Waals surface area contributed by atoms with Gasteiger partial charge < -0.3 is 19.9 Å². The highest BCUT2D eigenvalue weighted by Crippen LogP contribution is 2.23. The molecule has 1 fully saturated rings. The van der Waals surface area contributed by atoms with Crippen molar-refractivity contribution in [3.05, 3.63) is 28.6 Å². The molecule has 0 atom stereocenters. The lowest BCUT2D eigenvalue weighted by Gasteiger charge is -2.36. The third-order valence-electron chi connectivity index (χ3n) is 4.18. The number of aryl methyl sites for hydroxylation is 1. The Morgan fingerprint density at radius 1 is 1.31 bits per heavy atom. The average Bonchev–Trinajstić information content (AvgIpc) is 3.08.